The third-order valence-electron chi connectivity index (χ3n) is 3.66. The zero-order chi connectivity index (χ0) is 19.0. The van der Waals surface area contributed by atoms with Gasteiger partial charge in [-0.1, -0.05) is 0 Å². The molecule has 8 nitrogen and oxygen atoms in total. The highest BCUT2D eigenvalue weighted by Crippen LogP contribution is 2.37. The molecule has 0 radical (unpaired) electrons. The van der Waals surface area contributed by atoms with Gasteiger partial charge < -0.3 is 29.9 Å². The quantitative estimate of drug-likeness (QED) is 0.355. The number of carboxylic acids is 1. The van der Waals surface area contributed by atoms with Crippen LogP contribution in [0.1, 0.15) is 5.56 Å². The zero-order valence-corrected chi connectivity index (χ0v) is 13.0. The van der Waals surface area contributed by atoms with Crippen LogP contribution in [0.3, 0.4) is 0 Å². The molecule has 1 aromatic heterocycles. The molecule has 0 aliphatic carbocycles. The predicted octanol–water partition coefficient (Wildman–Crippen LogP) is 2.38. The van der Waals surface area contributed by atoms with Crippen molar-refractivity contribution in [1.82, 2.24) is 0 Å². The summed E-state index contributed by atoms with van der Waals surface area (Å²) in [6, 6.07) is 5.94. The van der Waals surface area contributed by atoms with Gasteiger partial charge in [-0.2, -0.15) is 0 Å². The molecular weight excluding hydrogens is 344 g/mol. The average Bonchev–Trinajstić information content (AvgIpc) is 2.56. The third kappa shape index (κ3) is 2.91. The molecule has 0 spiro atoms. The maximum atomic E-state index is 12.4. The number of fused-ring (bicyclic) bond motifs is 1. The van der Waals surface area contributed by atoms with E-state index in [0.717, 1.165) is 18.2 Å². The van der Waals surface area contributed by atoms with Gasteiger partial charge in [0.05, 0.1) is 5.56 Å². The summed E-state index contributed by atoms with van der Waals surface area (Å²) in [5, 5.41) is 47.6. The van der Waals surface area contributed by atoms with E-state index in [9.17, 15) is 30.0 Å². The van der Waals surface area contributed by atoms with Gasteiger partial charge in [-0.05, 0) is 24.3 Å². The Bertz CT molecular complexity index is 1120. The molecule has 0 amide bonds. The fourth-order valence-corrected chi connectivity index (χ4v) is 2.44. The number of rotatable bonds is 3. The highest BCUT2D eigenvalue weighted by Gasteiger charge is 2.17. The summed E-state index contributed by atoms with van der Waals surface area (Å²) in [7, 11) is 0. The summed E-state index contributed by atoms with van der Waals surface area (Å²) in [5.74, 6) is -3.12. The van der Waals surface area contributed by atoms with Crippen LogP contribution in [0, 0.1) is 0 Å². The van der Waals surface area contributed by atoms with Crippen LogP contribution in [-0.4, -0.2) is 31.5 Å². The lowest BCUT2D eigenvalue weighted by Gasteiger charge is -2.09. The lowest BCUT2D eigenvalue weighted by Crippen LogP contribution is -2.01. The van der Waals surface area contributed by atoms with Gasteiger partial charge in [-0.3, -0.25) is 4.79 Å². The van der Waals surface area contributed by atoms with Gasteiger partial charge in [-0.15, -0.1) is 0 Å². The van der Waals surface area contributed by atoms with Crippen LogP contribution in [0.5, 0.6) is 23.0 Å². The molecule has 0 aliphatic rings. The molecule has 8 heteroatoms. The molecule has 26 heavy (non-hydrogen) atoms. The molecule has 0 aliphatic heterocycles. The molecule has 3 aromatic rings. The van der Waals surface area contributed by atoms with Crippen molar-refractivity contribution in [2.45, 2.75) is 0 Å². The number of aliphatic carboxylic acids is 1. The normalized spacial score (nSPS) is 11.2. The largest absolute Gasteiger partial charge is 0.507 e. The van der Waals surface area contributed by atoms with E-state index in [1.54, 1.807) is 0 Å². The topological polar surface area (TPSA) is 148 Å². The monoisotopic (exact) mass is 356 g/mol. The highest BCUT2D eigenvalue weighted by atomic mass is 16.4. The van der Waals surface area contributed by atoms with E-state index in [2.05, 4.69) is 0 Å². The second-order valence-electron chi connectivity index (χ2n) is 5.38. The van der Waals surface area contributed by atoms with E-state index in [-0.39, 0.29) is 33.6 Å². The first-order valence-corrected chi connectivity index (χ1v) is 7.24. The Labute approximate surface area is 145 Å². The molecule has 0 fully saturated rings. The Morgan fingerprint density at radius 3 is 2.35 bits per heavy atom. The molecule has 2 aromatic carbocycles. The first-order valence-electron chi connectivity index (χ1n) is 7.24. The Kier molecular flexibility index (Phi) is 4.01. The Balaban J connectivity index is 2.24. The maximum absolute atomic E-state index is 12.4. The second kappa shape index (κ2) is 6.17. The van der Waals surface area contributed by atoms with Gasteiger partial charge >= 0.3 is 5.97 Å². The van der Waals surface area contributed by atoms with Crippen molar-refractivity contribution < 1.29 is 34.7 Å². The third-order valence-corrected chi connectivity index (χ3v) is 3.66. The lowest BCUT2D eigenvalue weighted by molar-refractivity contribution is -0.131. The zero-order valence-electron chi connectivity index (χ0n) is 13.0. The van der Waals surface area contributed by atoms with Crippen LogP contribution in [0.15, 0.2) is 45.6 Å². The summed E-state index contributed by atoms with van der Waals surface area (Å²) in [4.78, 5) is 23.0. The number of phenols is 4. The molecule has 5 N–H and O–H groups in total. The van der Waals surface area contributed by atoms with E-state index in [4.69, 9.17) is 9.52 Å². The Hall–Kier alpha value is -3.94. The van der Waals surface area contributed by atoms with Gasteiger partial charge in [0.25, 0.3) is 0 Å². The minimum atomic E-state index is -1.29. The summed E-state index contributed by atoms with van der Waals surface area (Å²) in [5.41, 5.74) is -0.728. The summed E-state index contributed by atoms with van der Waals surface area (Å²) < 4.78 is 5.51. The van der Waals surface area contributed by atoms with Crippen molar-refractivity contribution in [2.24, 2.45) is 0 Å². The molecule has 132 valence electrons. The van der Waals surface area contributed by atoms with Crippen molar-refractivity contribution in [2.75, 3.05) is 0 Å². The van der Waals surface area contributed by atoms with Crippen LogP contribution >= 0.6 is 0 Å². The smallest absolute Gasteiger partial charge is 0.328 e. The predicted molar refractivity (Wildman–Crippen MR) is 91.2 cm³/mol. The number of phenolic OH excluding ortho intramolecular Hbond substituents is 4. The van der Waals surface area contributed by atoms with Crippen LogP contribution in [0.25, 0.3) is 28.4 Å². The van der Waals surface area contributed by atoms with Crippen molar-refractivity contribution >= 4 is 23.0 Å². The number of hydrogen-bond acceptors (Lipinski definition) is 7. The number of carbonyl (C=O) groups is 1. The summed E-state index contributed by atoms with van der Waals surface area (Å²) >= 11 is 0. The maximum Gasteiger partial charge on any atom is 0.328 e. The van der Waals surface area contributed by atoms with Gasteiger partial charge in [0.2, 0.25) is 0 Å². The van der Waals surface area contributed by atoms with Gasteiger partial charge in [0.15, 0.2) is 16.9 Å². The van der Waals surface area contributed by atoms with Crippen molar-refractivity contribution in [3.8, 4) is 34.3 Å². The van der Waals surface area contributed by atoms with E-state index in [1.165, 1.54) is 18.2 Å². The van der Waals surface area contributed by atoms with Crippen LogP contribution in [0.2, 0.25) is 0 Å². The summed E-state index contributed by atoms with van der Waals surface area (Å²) in [6.07, 6.45) is 1.66. The number of benzene rings is 2. The molecule has 3 rings (SSSR count). The number of carboxylic acid groups (broad SMARTS) is 1. The SMILES string of the molecule is O=C(O)/C=C/c1c(O)cc2oc(-c3ccc(O)c(O)c3)cc(=O)c2c1O. The molecule has 1 heterocycles. The molecule has 0 bridgehead atoms. The van der Waals surface area contributed by atoms with E-state index >= 15 is 0 Å². The molecule has 0 unspecified atom stereocenters. The van der Waals surface area contributed by atoms with Gasteiger partial charge in [0.1, 0.15) is 28.2 Å². The minimum Gasteiger partial charge on any atom is -0.507 e. The number of hydrogen-bond donors (Lipinski definition) is 5. The Morgan fingerprint density at radius 2 is 1.69 bits per heavy atom. The van der Waals surface area contributed by atoms with Crippen molar-refractivity contribution in [1.29, 1.82) is 0 Å². The molecule has 0 saturated heterocycles. The van der Waals surface area contributed by atoms with Crippen LogP contribution in [0.4, 0.5) is 0 Å². The Morgan fingerprint density at radius 1 is 0.962 bits per heavy atom. The van der Waals surface area contributed by atoms with Crippen LogP contribution in [-0.2, 0) is 4.79 Å². The van der Waals surface area contributed by atoms with Gasteiger partial charge in [0, 0.05) is 23.8 Å². The minimum absolute atomic E-state index is 0.0328. The van der Waals surface area contributed by atoms with E-state index < -0.39 is 28.6 Å². The average molecular weight is 356 g/mol. The standard InChI is InChI=1S/C18H12O8/c19-10-3-1-8(5-12(10)21)14-7-13(22)17-15(26-14)6-11(20)9(18(17)25)2-4-16(23)24/h1-7,19-21,25H,(H,23,24)/b4-2+. The van der Waals surface area contributed by atoms with E-state index in [0.29, 0.717) is 6.08 Å². The second-order valence-corrected chi connectivity index (χ2v) is 5.38. The molecule has 0 saturated carbocycles. The lowest BCUT2D eigenvalue weighted by atomic mass is 10.1. The van der Waals surface area contributed by atoms with Crippen molar-refractivity contribution in [3.05, 3.63) is 52.2 Å². The van der Waals surface area contributed by atoms with Crippen LogP contribution < -0.4 is 5.43 Å². The van der Waals surface area contributed by atoms with Gasteiger partial charge in [-0.25, -0.2) is 4.79 Å². The first-order chi connectivity index (χ1) is 12.3. The van der Waals surface area contributed by atoms with E-state index in [1.807, 2.05) is 0 Å². The number of aromatic hydroxyl groups is 4. The van der Waals surface area contributed by atoms with Crippen molar-refractivity contribution in [3.63, 3.8) is 0 Å². The summed E-state index contributed by atoms with van der Waals surface area (Å²) in [6.45, 7) is 0. The first kappa shape index (κ1) is 16.9. The molecule has 0 atom stereocenters. The highest BCUT2D eigenvalue weighted by molar-refractivity contribution is 5.93. The molecular formula is C18H12O8. The fourth-order valence-electron chi connectivity index (χ4n) is 2.44. The fraction of sp³-hybridized carbons (Fsp3) is 0.